The molecular weight excluding hydrogens is 584 g/mol. The van der Waals surface area contributed by atoms with Gasteiger partial charge in [-0.3, -0.25) is 33.6 Å². The number of hydrogen-bond donors (Lipinski definition) is 0. The molecule has 0 N–H and O–H groups in total. The van der Waals surface area contributed by atoms with E-state index in [0.717, 1.165) is 54.7 Å². The normalized spacial score (nSPS) is 28.1. The maximum absolute atomic E-state index is 12.2. The van der Waals surface area contributed by atoms with Crippen molar-refractivity contribution in [3.05, 3.63) is 12.0 Å². The van der Waals surface area contributed by atoms with Crippen LogP contribution in [0.25, 0.3) is 0 Å². The first kappa shape index (κ1) is 34.9. The number of carbonyl (C=O) groups is 7. The van der Waals surface area contributed by atoms with Crippen molar-refractivity contribution in [3.8, 4) is 0 Å². The third-order valence-corrected chi connectivity index (χ3v) is 5.55. The zero-order valence-corrected chi connectivity index (χ0v) is 24.6. The zero-order valence-electron chi connectivity index (χ0n) is 24.6. The fourth-order valence-electron chi connectivity index (χ4n) is 4.15. The Balaban J connectivity index is 2.64. The van der Waals surface area contributed by atoms with Gasteiger partial charge in [0.15, 0.2) is 42.6 Å². The average Bonchev–Trinajstić information content (AvgIpc) is 2.86. The molecule has 0 bridgehead atoms. The summed E-state index contributed by atoms with van der Waals surface area (Å²) in [7, 11) is 0. The average molecular weight is 619 g/mol. The van der Waals surface area contributed by atoms with Crippen LogP contribution >= 0.6 is 0 Å². The van der Waals surface area contributed by atoms with Crippen LogP contribution in [0.15, 0.2) is 12.0 Å². The Kier molecular flexibility index (Phi) is 12.9. The Morgan fingerprint density at radius 3 is 1.56 bits per heavy atom. The van der Waals surface area contributed by atoms with E-state index in [4.69, 9.17) is 47.4 Å². The highest BCUT2D eigenvalue weighted by Gasteiger charge is 2.55. The fourth-order valence-corrected chi connectivity index (χ4v) is 4.15. The first-order chi connectivity index (χ1) is 20.1. The van der Waals surface area contributed by atoms with Gasteiger partial charge in [-0.05, 0) is 0 Å². The second-order valence-corrected chi connectivity index (χ2v) is 9.29. The summed E-state index contributed by atoms with van der Waals surface area (Å²) in [6, 6.07) is 0. The minimum absolute atomic E-state index is 0.308. The summed E-state index contributed by atoms with van der Waals surface area (Å²) in [4.78, 5) is 83.2. The van der Waals surface area contributed by atoms with Crippen LogP contribution in [0, 0.1) is 0 Å². The van der Waals surface area contributed by atoms with E-state index in [1.54, 1.807) is 0 Å². The molecule has 240 valence electrons. The van der Waals surface area contributed by atoms with Gasteiger partial charge in [-0.15, -0.1) is 0 Å². The Labute approximate surface area is 245 Å². The van der Waals surface area contributed by atoms with Crippen LogP contribution < -0.4 is 0 Å². The molecule has 8 atom stereocenters. The molecule has 17 nitrogen and oxygen atoms in total. The van der Waals surface area contributed by atoms with Crippen LogP contribution in [0.1, 0.15) is 48.5 Å². The van der Waals surface area contributed by atoms with Gasteiger partial charge in [0.1, 0.15) is 31.7 Å². The van der Waals surface area contributed by atoms with Crippen molar-refractivity contribution >= 4 is 41.8 Å². The quantitative estimate of drug-likeness (QED) is 0.216. The van der Waals surface area contributed by atoms with E-state index in [1.807, 2.05) is 0 Å². The molecule has 1 saturated heterocycles. The highest BCUT2D eigenvalue weighted by molar-refractivity contribution is 5.70. The van der Waals surface area contributed by atoms with E-state index in [2.05, 4.69) is 0 Å². The van der Waals surface area contributed by atoms with Crippen molar-refractivity contribution in [1.29, 1.82) is 0 Å². The summed E-state index contributed by atoms with van der Waals surface area (Å²) in [6.45, 7) is 6.50. The van der Waals surface area contributed by atoms with Gasteiger partial charge >= 0.3 is 41.8 Å². The van der Waals surface area contributed by atoms with Crippen LogP contribution in [0.3, 0.4) is 0 Å². The van der Waals surface area contributed by atoms with Gasteiger partial charge in [-0.1, -0.05) is 0 Å². The Bertz CT molecular complexity index is 1110. The monoisotopic (exact) mass is 618 g/mol. The lowest BCUT2D eigenvalue weighted by atomic mass is 9.97. The molecule has 17 heteroatoms. The lowest BCUT2D eigenvalue weighted by Crippen LogP contribution is -2.64. The van der Waals surface area contributed by atoms with Crippen molar-refractivity contribution in [1.82, 2.24) is 0 Å². The van der Waals surface area contributed by atoms with Crippen molar-refractivity contribution in [2.45, 2.75) is 97.5 Å². The fraction of sp³-hybridized carbons (Fsp3) is 0.654. The number of ether oxygens (including phenoxy) is 10. The molecule has 0 aromatic carbocycles. The third-order valence-electron chi connectivity index (χ3n) is 5.55. The first-order valence-corrected chi connectivity index (χ1v) is 12.9. The van der Waals surface area contributed by atoms with Crippen LogP contribution in [-0.4, -0.2) is 104 Å². The highest BCUT2D eigenvalue weighted by Crippen LogP contribution is 2.34. The minimum Gasteiger partial charge on any atom is -0.488 e. The van der Waals surface area contributed by atoms with E-state index in [-0.39, 0.29) is 5.76 Å². The predicted octanol–water partition coefficient (Wildman–Crippen LogP) is -0.247. The predicted molar refractivity (Wildman–Crippen MR) is 134 cm³/mol. The Hall–Kier alpha value is -4.25. The Morgan fingerprint density at radius 1 is 0.581 bits per heavy atom. The SMILES string of the molecule is CC(=O)OC[C@H]1O[C@H](O[C@H]2[C@H](OC(C)=O)C(OC(C)=O)=CO[C@@H]2COC(C)=O)[C@H](OC(C)=O)[C@@H](OC(C)=O)[C@@H]1OC(C)=O. The maximum Gasteiger partial charge on any atom is 0.307 e. The number of rotatable bonds is 11. The van der Waals surface area contributed by atoms with Crippen LogP contribution in [0.2, 0.25) is 0 Å². The van der Waals surface area contributed by atoms with Crippen molar-refractivity contribution in [2.24, 2.45) is 0 Å². The summed E-state index contributed by atoms with van der Waals surface area (Å²) in [6.07, 6.45) is -11.1. The summed E-state index contributed by atoms with van der Waals surface area (Å²) < 4.78 is 54.3. The zero-order chi connectivity index (χ0) is 32.4. The molecule has 2 rings (SSSR count). The molecule has 0 aliphatic carbocycles. The lowest BCUT2D eigenvalue weighted by molar-refractivity contribution is -0.330. The topological polar surface area (TPSA) is 212 Å². The molecule has 43 heavy (non-hydrogen) atoms. The summed E-state index contributed by atoms with van der Waals surface area (Å²) in [5.74, 6) is -6.01. The molecule has 0 spiro atoms. The molecule has 0 unspecified atom stereocenters. The second-order valence-electron chi connectivity index (χ2n) is 9.29. The smallest absolute Gasteiger partial charge is 0.307 e. The Morgan fingerprint density at radius 2 is 1.07 bits per heavy atom. The first-order valence-electron chi connectivity index (χ1n) is 12.9. The molecule has 1 fully saturated rings. The van der Waals surface area contributed by atoms with Gasteiger partial charge in [-0.25, -0.2) is 0 Å². The van der Waals surface area contributed by atoms with E-state index in [9.17, 15) is 33.6 Å². The molecule has 2 aliphatic rings. The van der Waals surface area contributed by atoms with Crippen molar-refractivity contribution in [2.75, 3.05) is 13.2 Å². The van der Waals surface area contributed by atoms with Crippen LogP contribution in [-0.2, 0) is 80.9 Å². The summed E-state index contributed by atoms with van der Waals surface area (Å²) in [5, 5.41) is 0. The largest absolute Gasteiger partial charge is 0.488 e. The number of hydrogen-bond acceptors (Lipinski definition) is 17. The number of carbonyl (C=O) groups excluding carboxylic acids is 7. The van der Waals surface area contributed by atoms with E-state index in [1.165, 1.54) is 0 Å². The maximum atomic E-state index is 12.2. The van der Waals surface area contributed by atoms with Crippen molar-refractivity contribution in [3.63, 3.8) is 0 Å². The van der Waals surface area contributed by atoms with E-state index in [0.29, 0.717) is 0 Å². The minimum atomic E-state index is -1.73. The van der Waals surface area contributed by atoms with Gasteiger partial charge in [0.05, 0.1) is 0 Å². The van der Waals surface area contributed by atoms with Gasteiger partial charge in [-0.2, -0.15) is 0 Å². The molecule has 2 heterocycles. The molecule has 0 amide bonds. The molecule has 0 radical (unpaired) electrons. The van der Waals surface area contributed by atoms with E-state index >= 15 is 0 Å². The van der Waals surface area contributed by atoms with Crippen LogP contribution in [0.5, 0.6) is 0 Å². The van der Waals surface area contributed by atoms with Gasteiger partial charge in [0, 0.05) is 48.5 Å². The van der Waals surface area contributed by atoms with Gasteiger partial charge in [0.25, 0.3) is 0 Å². The molecule has 0 saturated carbocycles. The van der Waals surface area contributed by atoms with Crippen LogP contribution in [0.4, 0.5) is 0 Å². The van der Waals surface area contributed by atoms with Crippen molar-refractivity contribution < 1.29 is 80.9 Å². The van der Waals surface area contributed by atoms with E-state index < -0.39 is 104 Å². The summed E-state index contributed by atoms with van der Waals surface area (Å²) >= 11 is 0. The molecule has 2 aliphatic heterocycles. The highest BCUT2D eigenvalue weighted by atomic mass is 16.8. The van der Waals surface area contributed by atoms with Gasteiger partial charge < -0.3 is 47.4 Å². The molecule has 0 aromatic heterocycles. The second kappa shape index (κ2) is 15.8. The third kappa shape index (κ3) is 10.8. The summed E-state index contributed by atoms with van der Waals surface area (Å²) in [5.41, 5.74) is 0. The molecular formula is C26H34O17. The standard InChI is InChI=1S/C26H34O17/c1-11(27)34-8-18-21(22(38-14(4)30)19(10-36-18)37-13(3)29)43-26-25(41-17(7)33)24(40-16(6)32)23(39-15(5)31)20(42-26)9-35-12(2)28/h10,18,20-26H,8-9H2,1-7H3/t18-,20-,21-,22-,23-,24+,25-,26-/m1/s1. The number of esters is 7. The van der Waals surface area contributed by atoms with Gasteiger partial charge in [0.2, 0.25) is 0 Å². The molecule has 0 aromatic rings. The lowest BCUT2D eigenvalue weighted by Gasteiger charge is -2.46.